The summed E-state index contributed by atoms with van der Waals surface area (Å²) in [5.74, 6) is 1.30. The van der Waals surface area contributed by atoms with Crippen LogP contribution in [0.2, 0.25) is 0 Å². The van der Waals surface area contributed by atoms with E-state index in [4.69, 9.17) is 5.73 Å². The van der Waals surface area contributed by atoms with Crippen molar-refractivity contribution >= 4 is 17.2 Å². The highest BCUT2D eigenvalue weighted by Gasteiger charge is 2.08. The van der Waals surface area contributed by atoms with Crippen molar-refractivity contribution in [2.75, 3.05) is 5.73 Å². The van der Waals surface area contributed by atoms with Crippen LogP contribution in [0.1, 0.15) is 13.8 Å². The molecule has 0 saturated heterocycles. The molecule has 80 valence electrons. The molecule has 2 rings (SSSR count). The molecule has 0 radical (unpaired) electrons. The fraction of sp³-hybridized carbons (Fsp3) is 0.364. The number of thiophene rings is 1. The lowest BCUT2D eigenvalue weighted by Gasteiger charge is -2.05. The Hall–Kier alpha value is -1.29. The average Bonchev–Trinajstić information content (AvgIpc) is 2.75. The summed E-state index contributed by atoms with van der Waals surface area (Å²) in [5.41, 5.74) is 8.01. The van der Waals surface area contributed by atoms with Crippen molar-refractivity contribution in [2.45, 2.75) is 20.4 Å². The Bertz CT molecular complexity index is 429. The van der Waals surface area contributed by atoms with Gasteiger partial charge in [-0.25, -0.2) is 4.68 Å². The first-order valence-electron chi connectivity index (χ1n) is 5.02. The maximum Gasteiger partial charge on any atom is 0.122 e. The molecule has 0 spiro atoms. The molecular weight excluding hydrogens is 206 g/mol. The Morgan fingerprint density at radius 3 is 2.93 bits per heavy atom. The number of hydrogen-bond donors (Lipinski definition) is 1. The quantitative estimate of drug-likeness (QED) is 0.866. The molecule has 2 aromatic rings. The maximum atomic E-state index is 5.90. The molecule has 0 amide bonds. The number of nitrogens with two attached hydrogens (primary N) is 1. The lowest BCUT2D eigenvalue weighted by Crippen LogP contribution is -2.09. The lowest BCUT2D eigenvalue weighted by molar-refractivity contribution is 0.489. The highest BCUT2D eigenvalue weighted by molar-refractivity contribution is 7.08. The SMILES string of the molecule is CC(C)Cn1nc(-c2ccsc2)cc1N. The summed E-state index contributed by atoms with van der Waals surface area (Å²) in [7, 11) is 0. The van der Waals surface area contributed by atoms with E-state index in [0.29, 0.717) is 5.92 Å². The van der Waals surface area contributed by atoms with Gasteiger partial charge in [-0.15, -0.1) is 0 Å². The molecule has 0 saturated carbocycles. The molecule has 4 heteroatoms. The third kappa shape index (κ3) is 2.21. The summed E-state index contributed by atoms with van der Waals surface area (Å²) >= 11 is 1.67. The van der Waals surface area contributed by atoms with Crippen molar-refractivity contribution in [3.05, 3.63) is 22.9 Å². The zero-order chi connectivity index (χ0) is 10.8. The Kier molecular flexibility index (Phi) is 2.77. The van der Waals surface area contributed by atoms with Crippen molar-refractivity contribution in [2.24, 2.45) is 5.92 Å². The van der Waals surface area contributed by atoms with Crippen LogP contribution in [0, 0.1) is 5.92 Å². The number of aromatic nitrogens is 2. The number of rotatable bonds is 3. The third-order valence-corrected chi connectivity index (χ3v) is 2.85. The summed E-state index contributed by atoms with van der Waals surface area (Å²) in [6.45, 7) is 5.19. The summed E-state index contributed by atoms with van der Waals surface area (Å²) in [5, 5.41) is 8.62. The van der Waals surface area contributed by atoms with Crippen molar-refractivity contribution < 1.29 is 0 Å². The zero-order valence-electron chi connectivity index (χ0n) is 8.97. The van der Waals surface area contributed by atoms with Gasteiger partial charge in [0.15, 0.2) is 0 Å². The fourth-order valence-corrected chi connectivity index (χ4v) is 2.12. The second kappa shape index (κ2) is 4.06. The van der Waals surface area contributed by atoms with Crippen LogP contribution in [0.4, 0.5) is 5.82 Å². The van der Waals surface area contributed by atoms with E-state index in [1.807, 2.05) is 16.1 Å². The molecule has 0 aromatic carbocycles. The van der Waals surface area contributed by atoms with Gasteiger partial charge in [0, 0.05) is 23.6 Å². The van der Waals surface area contributed by atoms with E-state index < -0.39 is 0 Å². The molecule has 0 atom stereocenters. The largest absolute Gasteiger partial charge is 0.384 e. The van der Waals surface area contributed by atoms with Crippen LogP contribution >= 0.6 is 11.3 Å². The first-order valence-corrected chi connectivity index (χ1v) is 5.97. The van der Waals surface area contributed by atoms with E-state index >= 15 is 0 Å². The molecule has 0 unspecified atom stereocenters. The number of anilines is 1. The molecule has 0 aliphatic carbocycles. The number of nitrogens with zero attached hydrogens (tertiary/aromatic N) is 2. The van der Waals surface area contributed by atoms with E-state index in [-0.39, 0.29) is 0 Å². The van der Waals surface area contributed by atoms with Crippen LogP contribution in [-0.4, -0.2) is 9.78 Å². The van der Waals surface area contributed by atoms with E-state index in [1.54, 1.807) is 11.3 Å². The third-order valence-electron chi connectivity index (χ3n) is 2.17. The predicted octanol–water partition coefficient (Wildman–Crippen LogP) is 2.85. The zero-order valence-corrected chi connectivity index (χ0v) is 9.79. The minimum atomic E-state index is 0.558. The Morgan fingerprint density at radius 2 is 2.33 bits per heavy atom. The minimum absolute atomic E-state index is 0.558. The van der Waals surface area contributed by atoms with Crippen LogP contribution in [0.5, 0.6) is 0 Å². The molecule has 0 aliphatic heterocycles. The first-order chi connectivity index (χ1) is 7.16. The Morgan fingerprint density at radius 1 is 1.53 bits per heavy atom. The van der Waals surface area contributed by atoms with E-state index in [1.165, 1.54) is 0 Å². The van der Waals surface area contributed by atoms with E-state index in [0.717, 1.165) is 23.6 Å². The van der Waals surface area contributed by atoms with Gasteiger partial charge in [-0.3, -0.25) is 0 Å². The van der Waals surface area contributed by atoms with Gasteiger partial charge >= 0.3 is 0 Å². The van der Waals surface area contributed by atoms with Crippen LogP contribution in [0.25, 0.3) is 11.3 Å². The Labute approximate surface area is 93.5 Å². The monoisotopic (exact) mass is 221 g/mol. The predicted molar refractivity (Wildman–Crippen MR) is 64.8 cm³/mol. The van der Waals surface area contributed by atoms with E-state index in [2.05, 4.69) is 30.4 Å². The van der Waals surface area contributed by atoms with Gasteiger partial charge in [-0.05, 0) is 17.4 Å². The van der Waals surface area contributed by atoms with Gasteiger partial charge in [0.25, 0.3) is 0 Å². The van der Waals surface area contributed by atoms with Crippen molar-refractivity contribution in [1.82, 2.24) is 9.78 Å². The van der Waals surface area contributed by atoms with Gasteiger partial charge < -0.3 is 5.73 Å². The highest BCUT2D eigenvalue weighted by Crippen LogP contribution is 2.23. The molecule has 0 fully saturated rings. The standard InChI is InChI=1S/C11H15N3S/c1-8(2)6-14-11(12)5-10(13-14)9-3-4-15-7-9/h3-5,7-8H,6,12H2,1-2H3. The van der Waals surface area contributed by atoms with Crippen molar-refractivity contribution in [3.8, 4) is 11.3 Å². The molecule has 3 nitrogen and oxygen atoms in total. The van der Waals surface area contributed by atoms with Gasteiger partial charge in [0.2, 0.25) is 0 Å². The average molecular weight is 221 g/mol. The first kappa shape index (κ1) is 10.2. The normalized spacial score (nSPS) is 11.1. The summed E-state index contributed by atoms with van der Waals surface area (Å²) in [6.07, 6.45) is 0. The molecule has 2 heterocycles. The van der Waals surface area contributed by atoms with Crippen LogP contribution in [-0.2, 0) is 6.54 Å². The Balaban J connectivity index is 2.29. The second-order valence-electron chi connectivity index (χ2n) is 4.04. The molecule has 2 N–H and O–H groups in total. The highest BCUT2D eigenvalue weighted by atomic mass is 32.1. The van der Waals surface area contributed by atoms with Crippen LogP contribution < -0.4 is 5.73 Å². The molecule has 15 heavy (non-hydrogen) atoms. The summed E-state index contributed by atoms with van der Waals surface area (Å²) in [6, 6.07) is 4.00. The van der Waals surface area contributed by atoms with Gasteiger partial charge in [-0.2, -0.15) is 16.4 Å². The second-order valence-corrected chi connectivity index (χ2v) is 4.82. The van der Waals surface area contributed by atoms with Gasteiger partial charge in [0.05, 0.1) is 5.69 Å². The topological polar surface area (TPSA) is 43.8 Å². The van der Waals surface area contributed by atoms with Gasteiger partial charge in [0.1, 0.15) is 5.82 Å². The molecule has 2 aromatic heterocycles. The smallest absolute Gasteiger partial charge is 0.122 e. The van der Waals surface area contributed by atoms with Crippen LogP contribution in [0.15, 0.2) is 22.9 Å². The molecule has 0 bridgehead atoms. The maximum absolute atomic E-state index is 5.90. The van der Waals surface area contributed by atoms with Crippen molar-refractivity contribution in [1.29, 1.82) is 0 Å². The molecule has 0 aliphatic rings. The lowest BCUT2D eigenvalue weighted by atomic mass is 10.2. The number of hydrogen-bond acceptors (Lipinski definition) is 3. The van der Waals surface area contributed by atoms with Crippen molar-refractivity contribution in [3.63, 3.8) is 0 Å². The summed E-state index contributed by atoms with van der Waals surface area (Å²) < 4.78 is 1.87. The number of nitrogen functional groups attached to an aromatic ring is 1. The molecular formula is C11H15N3S. The van der Waals surface area contributed by atoms with Gasteiger partial charge in [-0.1, -0.05) is 13.8 Å². The van der Waals surface area contributed by atoms with E-state index in [9.17, 15) is 0 Å². The minimum Gasteiger partial charge on any atom is -0.384 e. The fourth-order valence-electron chi connectivity index (χ4n) is 1.47. The summed E-state index contributed by atoms with van der Waals surface area (Å²) in [4.78, 5) is 0. The van der Waals surface area contributed by atoms with Crippen LogP contribution in [0.3, 0.4) is 0 Å².